The molecule has 6 nitrogen and oxygen atoms in total. The monoisotopic (exact) mass is 336 g/mol. The highest BCUT2D eigenvalue weighted by Gasteiger charge is 2.51. The number of rotatable bonds is 2. The molecule has 0 saturated carbocycles. The molecule has 4 rings (SSSR count). The summed E-state index contributed by atoms with van der Waals surface area (Å²) in [6.45, 7) is 5.01. The third-order valence-electron chi connectivity index (χ3n) is 4.68. The molecule has 128 valence electrons. The first-order chi connectivity index (χ1) is 12.0. The van der Waals surface area contributed by atoms with Gasteiger partial charge in [0.25, 0.3) is 6.02 Å². The normalized spacial score (nSPS) is 23.8. The van der Waals surface area contributed by atoms with E-state index in [1.54, 1.807) is 6.20 Å². The number of nitrogens with two attached hydrogens (primary N) is 1. The topological polar surface area (TPSA) is 74.7 Å². The molecule has 6 heteroatoms. The van der Waals surface area contributed by atoms with E-state index >= 15 is 0 Å². The van der Waals surface area contributed by atoms with Crippen LogP contribution in [0.1, 0.15) is 31.4 Å². The minimum atomic E-state index is -0.439. The van der Waals surface area contributed by atoms with Gasteiger partial charge in [-0.25, -0.2) is 4.99 Å². The zero-order chi connectivity index (χ0) is 17.5. The molecule has 0 aliphatic carbocycles. The van der Waals surface area contributed by atoms with E-state index in [2.05, 4.69) is 41.0 Å². The lowest BCUT2D eigenvalue weighted by molar-refractivity contribution is -0.186. The Bertz CT molecular complexity index is 901. The van der Waals surface area contributed by atoms with Crippen LogP contribution in [0.25, 0.3) is 5.69 Å². The molecule has 0 radical (unpaired) electrons. The van der Waals surface area contributed by atoms with Crippen LogP contribution < -0.4 is 5.73 Å². The van der Waals surface area contributed by atoms with Crippen molar-refractivity contribution >= 4 is 6.02 Å². The van der Waals surface area contributed by atoms with Crippen LogP contribution in [0.5, 0.6) is 0 Å². The van der Waals surface area contributed by atoms with Crippen molar-refractivity contribution in [3.05, 3.63) is 48.0 Å². The Balaban J connectivity index is 1.67. The van der Waals surface area contributed by atoms with Crippen molar-refractivity contribution in [1.29, 1.82) is 0 Å². The van der Waals surface area contributed by atoms with Gasteiger partial charge < -0.3 is 19.8 Å². The van der Waals surface area contributed by atoms with Gasteiger partial charge in [0.1, 0.15) is 0 Å². The summed E-state index contributed by atoms with van der Waals surface area (Å²) in [6.07, 6.45) is 8.39. The van der Waals surface area contributed by atoms with Gasteiger partial charge in [0.2, 0.25) is 0 Å². The lowest BCUT2D eigenvalue weighted by Crippen LogP contribution is -2.59. The fourth-order valence-corrected chi connectivity index (χ4v) is 3.51. The highest BCUT2D eigenvalue weighted by molar-refractivity contribution is 5.73. The first kappa shape index (κ1) is 15.7. The van der Waals surface area contributed by atoms with E-state index in [0.29, 0.717) is 13.2 Å². The first-order valence-corrected chi connectivity index (χ1v) is 8.21. The maximum Gasteiger partial charge on any atom is 0.283 e. The Kier molecular flexibility index (Phi) is 3.55. The molecule has 4 heterocycles. The van der Waals surface area contributed by atoms with Crippen LogP contribution in [0.15, 0.2) is 41.9 Å². The molecule has 2 aromatic heterocycles. The summed E-state index contributed by atoms with van der Waals surface area (Å²) in [6, 6.07) is 4.30. The van der Waals surface area contributed by atoms with Crippen molar-refractivity contribution in [3.8, 4) is 17.5 Å². The van der Waals surface area contributed by atoms with Crippen LogP contribution in [-0.2, 0) is 15.0 Å². The zero-order valence-corrected chi connectivity index (χ0v) is 14.3. The summed E-state index contributed by atoms with van der Waals surface area (Å²) < 4.78 is 13.1. The van der Waals surface area contributed by atoms with Crippen LogP contribution in [-0.4, -0.2) is 34.4 Å². The fraction of sp³-hybridized carbons (Fsp3) is 0.368. The lowest BCUT2D eigenvalue weighted by atomic mass is 9.80. The molecule has 0 amide bonds. The maximum absolute atomic E-state index is 5.94. The van der Waals surface area contributed by atoms with Gasteiger partial charge in [-0.3, -0.25) is 4.98 Å². The van der Waals surface area contributed by atoms with Crippen molar-refractivity contribution in [2.24, 2.45) is 10.7 Å². The summed E-state index contributed by atoms with van der Waals surface area (Å²) in [4.78, 5) is 8.85. The molecule has 1 fully saturated rings. The van der Waals surface area contributed by atoms with Crippen LogP contribution in [0.3, 0.4) is 0 Å². The molecule has 1 saturated heterocycles. The average molecular weight is 336 g/mol. The van der Waals surface area contributed by atoms with E-state index in [9.17, 15) is 0 Å². The first-order valence-electron chi connectivity index (χ1n) is 8.21. The molecular formula is C19H20N4O2. The number of ether oxygens (including phenoxy) is 2. The summed E-state index contributed by atoms with van der Waals surface area (Å²) in [5.41, 5.74) is 8.09. The second kappa shape index (κ2) is 5.64. The van der Waals surface area contributed by atoms with Gasteiger partial charge in [-0.15, -0.1) is 5.92 Å². The highest BCUT2D eigenvalue weighted by atomic mass is 16.6. The third kappa shape index (κ3) is 2.77. The summed E-state index contributed by atoms with van der Waals surface area (Å²) in [5.74, 6) is 5.93. The number of aliphatic imine (C=N–C) groups is 1. The molecule has 2 N–H and O–H groups in total. The van der Waals surface area contributed by atoms with Crippen molar-refractivity contribution < 1.29 is 9.47 Å². The zero-order valence-electron chi connectivity index (χ0n) is 14.3. The molecule has 1 atom stereocenters. The van der Waals surface area contributed by atoms with Crippen molar-refractivity contribution in [2.45, 2.75) is 31.4 Å². The van der Waals surface area contributed by atoms with Crippen molar-refractivity contribution in [2.75, 3.05) is 13.2 Å². The van der Waals surface area contributed by atoms with Gasteiger partial charge >= 0.3 is 0 Å². The van der Waals surface area contributed by atoms with E-state index < -0.39 is 5.54 Å². The Morgan fingerprint density at radius 1 is 1.32 bits per heavy atom. The van der Waals surface area contributed by atoms with E-state index in [-0.39, 0.29) is 11.6 Å². The van der Waals surface area contributed by atoms with Gasteiger partial charge in [0.05, 0.1) is 30.6 Å². The van der Waals surface area contributed by atoms with Crippen LogP contribution >= 0.6 is 0 Å². The van der Waals surface area contributed by atoms with E-state index in [1.165, 1.54) is 0 Å². The van der Waals surface area contributed by atoms with Gasteiger partial charge in [0, 0.05) is 30.6 Å². The fourth-order valence-electron chi connectivity index (χ4n) is 3.51. The van der Waals surface area contributed by atoms with Crippen molar-refractivity contribution in [3.63, 3.8) is 0 Å². The molecule has 2 aromatic rings. The third-order valence-corrected chi connectivity index (χ3v) is 4.68. The number of hydrogen-bond acceptors (Lipinski definition) is 5. The van der Waals surface area contributed by atoms with Crippen LogP contribution in [0, 0.1) is 11.8 Å². The lowest BCUT2D eigenvalue weighted by Gasteiger charge is -2.47. The molecule has 1 spiro atoms. The number of amidine groups is 1. The number of hydrogen-bond donors (Lipinski definition) is 1. The van der Waals surface area contributed by atoms with Gasteiger partial charge in [-0.2, -0.15) is 0 Å². The largest absolute Gasteiger partial charge is 0.454 e. The summed E-state index contributed by atoms with van der Waals surface area (Å²) in [7, 11) is 0. The van der Waals surface area contributed by atoms with Gasteiger partial charge in [-0.05, 0) is 31.5 Å². The van der Waals surface area contributed by atoms with Gasteiger partial charge in [-0.1, -0.05) is 5.92 Å². The molecule has 25 heavy (non-hydrogen) atoms. The number of pyridine rings is 1. The van der Waals surface area contributed by atoms with Gasteiger partial charge in [0.15, 0.2) is 5.60 Å². The molecule has 1 unspecified atom stereocenters. The Morgan fingerprint density at radius 3 is 2.88 bits per heavy atom. The second-order valence-corrected chi connectivity index (χ2v) is 6.79. The maximum atomic E-state index is 5.94. The SMILES string of the molecule is CC#Cc1cncc(-n2ccc(C3(C)CC4(COC4)OC(N)=N3)c2)c1. The summed E-state index contributed by atoms with van der Waals surface area (Å²) in [5, 5.41) is 0. The smallest absolute Gasteiger partial charge is 0.283 e. The van der Waals surface area contributed by atoms with E-state index in [1.807, 2.05) is 30.0 Å². The molecular weight excluding hydrogens is 316 g/mol. The summed E-state index contributed by atoms with van der Waals surface area (Å²) >= 11 is 0. The van der Waals surface area contributed by atoms with E-state index in [0.717, 1.165) is 23.2 Å². The van der Waals surface area contributed by atoms with Crippen LogP contribution in [0.2, 0.25) is 0 Å². The standard InChI is InChI=1S/C19H20N4O2/c1-3-4-14-7-16(9-21-8-14)23-6-5-15(10-23)18(2)11-19(12-24-13-19)25-17(20)22-18/h5-10H,11-13H2,1-2H3,(H2,20,22). The number of nitrogens with zero attached hydrogens (tertiary/aromatic N) is 3. The molecule has 2 aliphatic heterocycles. The molecule has 2 aliphatic rings. The highest BCUT2D eigenvalue weighted by Crippen LogP contribution is 2.42. The average Bonchev–Trinajstić information content (AvgIpc) is 3.04. The molecule has 0 bridgehead atoms. The minimum absolute atomic E-state index is 0.228. The predicted molar refractivity (Wildman–Crippen MR) is 94.3 cm³/mol. The molecule has 0 aromatic carbocycles. The minimum Gasteiger partial charge on any atom is -0.454 e. The Hall–Kier alpha value is -2.78. The Labute approximate surface area is 146 Å². The van der Waals surface area contributed by atoms with Crippen molar-refractivity contribution in [1.82, 2.24) is 9.55 Å². The Morgan fingerprint density at radius 2 is 2.16 bits per heavy atom. The number of aromatic nitrogens is 2. The second-order valence-electron chi connectivity index (χ2n) is 6.79. The van der Waals surface area contributed by atoms with E-state index in [4.69, 9.17) is 15.2 Å². The predicted octanol–water partition coefficient (Wildman–Crippen LogP) is 1.96. The quantitative estimate of drug-likeness (QED) is 0.851. The van der Waals surface area contributed by atoms with Crippen LogP contribution in [0.4, 0.5) is 0 Å².